The largest absolute Gasteiger partial charge is 0.351 e. The summed E-state index contributed by atoms with van der Waals surface area (Å²) in [5, 5.41) is 4.90. The molecule has 0 spiro atoms. The van der Waals surface area contributed by atoms with E-state index in [4.69, 9.17) is 0 Å². The van der Waals surface area contributed by atoms with Crippen LogP contribution in [0.4, 0.5) is 0 Å². The van der Waals surface area contributed by atoms with Gasteiger partial charge in [0.05, 0.1) is 22.5 Å². The molecule has 7 nitrogen and oxygen atoms in total. The fraction of sp³-hybridized carbons (Fsp3) is 0.368. The first-order chi connectivity index (χ1) is 13.3. The summed E-state index contributed by atoms with van der Waals surface area (Å²) < 4.78 is 27.9. The van der Waals surface area contributed by atoms with Crippen LogP contribution in [0, 0.1) is 0 Å². The number of amides is 1. The van der Waals surface area contributed by atoms with Crippen molar-refractivity contribution in [2.24, 2.45) is 0 Å². The summed E-state index contributed by atoms with van der Waals surface area (Å²) in [5.41, 5.74) is 1.49. The molecule has 0 bridgehead atoms. The van der Waals surface area contributed by atoms with Gasteiger partial charge in [0, 0.05) is 38.4 Å². The summed E-state index contributed by atoms with van der Waals surface area (Å²) in [6, 6.07) is 8.92. The quantitative estimate of drug-likeness (QED) is 0.607. The Balaban J connectivity index is 1.76. The molecule has 1 aromatic carbocycles. The third kappa shape index (κ3) is 4.26. The zero-order valence-electron chi connectivity index (χ0n) is 16.2. The molecule has 0 aliphatic heterocycles. The average Bonchev–Trinajstić information content (AvgIpc) is 3.30. The van der Waals surface area contributed by atoms with Crippen molar-refractivity contribution >= 4 is 38.3 Å². The first kappa shape index (κ1) is 20.5. The normalized spacial score (nSPS) is 12.0. The summed E-state index contributed by atoms with van der Waals surface area (Å²) in [5.74, 6) is 0.752. The smallest absolute Gasteiger partial charge is 0.242 e. The number of carbonyl (C=O) groups is 1. The molecule has 0 radical (unpaired) electrons. The number of aryl methyl sites for hydroxylation is 2. The van der Waals surface area contributed by atoms with Gasteiger partial charge in [-0.3, -0.25) is 4.79 Å². The molecule has 2 aromatic heterocycles. The van der Waals surface area contributed by atoms with Gasteiger partial charge in [0.1, 0.15) is 5.82 Å². The Bertz CT molecular complexity index is 1070. The van der Waals surface area contributed by atoms with Crippen molar-refractivity contribution in [2.75, 3.05) is 14.1 Å². The van der Waals surface area contributed by atoms with Crippen molar-refractivity contribution in [1.29, 1.82) is 0 Å². The predicted octanol–water partition coefficient (Wildman–Crippen LogP) is 2.62. The van der Waals surface area contributed by atoms with E-state index >= 15 is 0 Å². The minimum absolute atomic E-state index is 0.0287. The molecule has 2 heterocycles. The third-order valence-electron chi connectivity index (χ3n) is 4.51. The standard InChI is InChI=1S/C19H24N4O3S2/c1-4-23-17-8-7-15(28(25,26)22(2)3)12-16(17)21-18(23)9-10-19(24)20-13-14-6-5-11-27-14/h5-8,11-12H,4,9-10,13H2,1-3H3,(H,20,24). The second-order valence-electron chi connectivity index (χ2n) is 6.57. The number of imidazole rings is 1. The van der Waals surface area contributed by atoms with Crippen LogP contribution in [-0.4, -0.2) is 42.3 Å². The summed E-state index contributed by atoms with van der Waals surface area (Å²) in [7, 11) is -0.504. The first-order valence-electron chi connectivity index (χ1n) is 9.03. The SMILES string of the molecule is CCn1c(CCC(=O)NCc2cccs2)nc2cc(S(=O)(=O)N(C)C)ccc21. The maximum absolute atomic E-state index is 12.4. The molecule has 3 rings (SSSR count). The molecule has 150 valence electrons. The van der Waals surface area contributed by atoms with Crippen molar-refractivity contribution < 1.29 is 13.2 Å². The van der Waals surface area contributed by atoms with Gasteiger partial charge in [-0.15, -0.1) is 11.3 Å². The number of hydrogen-bond donors (Lipinski definition) is 1. The Kier molecular flexibility index (Phi) is 6.17. The van der Waals surface area contributed by atoms with Gasteiger partial charge < -0.3 is 9.88 Å². The van der Waals surface area contributed by atoms with Crippen molar-refractivity contribution in [1.82, 2.24) is 19.2 Å². The van der Waals surface area contributed by atoms with E-state index in [2.05, 4.69) is 10.3 Å². The van der Waals surface area contributed by atoms with Crippen molar-refractivity contribution in [3.05, 3.63) is 46.4 Å². The Hall–Kier alpha value is -2.23. The number of fused-ring (bicyclic) bond motifs is 1. The van der Waals surface area contributed by atoms with Gasteiger partial charge in [-0.1, -0.05) is 6.07 Å². The van der Waals surface area contributed by atoms with E-state index in [0.29, 0.717) is 31.4 Å². The lowest BCUT2D eigenvalue weighted by Gasteiger charge is -2.11. The van der Waals surface area contributed by atoms with Gasteiger partial charge in [0.15, 0.2) is 0 Å². The van der Waals surface area contributed by atoms with Gasteiger partial charge >= 0.3 is 0 Å². The lowest BCUT2D eigenvalue weighted by Crippen LogP contribution is -2.23. The Morgan fingerprint density at radius 1 is 1.29 bits per heavy atom. The molecule has 9 heteroatoms. The van der Waals surface area contributed by atoms with Crippen molar-refractivity contribution in [3.63, 3.8) is 0 Å². The van der Waals surface area contributed by atoms with Crippen LogP contribution in [0.1, 0.15) is 24.0 Å². The van der Waals surface area contributed by atoms with Crippen molar-refractivity contribution in [3.8, 4) is 0 Å². The summed E-state index contributed by atoms with van der Waals surface area (Å²) in [6.45, 7) is 3.24. The van der Waals surface area contributed by atoms with Gasteiger partial charge in [0.25, 0.3) is 0 Å². The van der Waals surface area contributed by atoms with Gasteiger partial charge in [-0.25, -0.2) is 17.7 Å². The number of rotatable bonds is 8. The second-order valence-corrected chi connectivity index (χ2v) is 9.75. The topological polar surface area (TPSA) is 84.3 Å². The summed E-state index contributed by atoms with van der Waals surface area (Å²) in [6.07, 6.45) is 0.826. The highest BCUT2D eigenvalue weighted by Gasteiger charge is 2.19. The Labute approximate surface area is 169 Å². The summed E-state index contributed by atoms with van der Waals surface area (Å²) in [4.78, 5) is 18.1. The zero-order valence-corrected chi connectivity index (χ0v) is 17.8. The molecule has 0 aliphatic carbocycles. The average molecular weight is 421 g/mol. The molecule has 0 aliphatic rings. The molecule has 28 heavy (non-hydrogen) atoms. The number of hydrogen-bond acceptors (Lipinski definition) is 5. The third-order valence-corrected chi connectivity index (χ3v) is 7.20. The number of thiophene rings is 1. The van der Waals surface area contributed by atoms with Gasteiger partial charge in [-0.05, 0) is 36.6 Å². The van der Waals surface area contributed by atoms with E-state index in [1.165, 1.54) is 18.4 Å². The lowest BCUT2D eigenvalue weighted by molar-refractivity contribution is -0.121. The van der Waals surface area contributed by atoms with Crippen LogP contribution in [0.25, 0.3) is 11.0 Å². The predicted molar refractivity (Wildman–Crippen MR) is 111 cm³/mol. The molecule has 0 saturated carbocycles. The van der Waals surface area contributed by atoms with E-state index in [-0.39, 0.29) is 10.8 Å². The van der Waals surface area contributed by atoms with Crippen LogP contribution in [0.15, 0.2) is 40.6 Å². The van der Waals surface area contributed by atoms with E-state index in [1.54, 1.807) is 29.5 Å². The van der Waals surface area contributed by atoms with E-state index in [1.807, 2.05) is 29.0 Å². The van der Waals surface area contributed by atoms with Crippen LogP contribution in [0.3, 0.4) is 0 Å². The van der Waals surface area contributed by atoms with E-state index < -0.39 is 10.0 Å². The number of nitrogens with zero attached hydrogens (tertiary/aromatic N) is 3. The highest BCUT2D eigenvalue weighted by Crippen LogP contribution is 2.22. The molecule has 0 unspecified atom stereocenters. The number of benzene rings is 1. The molecule has 1 amide bonds. The number of aromatic nitrogens is 2. The minimum Gasteiger partial charge on any atom is -0.351 e. The molecule has 3 aromatic rings. The highest BCUT2D eigenvalue weighted by atomic mass is 32.2. The van der Waals surface area contributed by atoms with Crippen LogP contribution in [0.2, 0.25) is 0 Å². The van der Waals surface area contributed by atoms with Gasteiger partial charge in [-0.2, -0.15) is 0 Å². The lowest BCUT2D eigenvalue weighted by atomic mass is 10.2. The molecule has 0 saturated heterocycles. The van der Waals surface area contributed by atoms with Gasteiger partial charge in [0.2, 0.25) is 15.9 Å². The molecule has 1 N–H and O–H groups in total. The van der Waals surface area contributed by atoms with E-state index in [9.17, 15) is 13.2 Å². The molecule has 0 fully saturated rings. The van der Waals surface area contributed by atoms with Crippen molar-refractivity contribution in [2.45, 2.75) is 37.8 Å². The number of carbonyl (C=O) groups excluding carboxylic acids is 1. The maximum atomic E-state index is 12.4. The molecular formula is C19H24N4O3S2. The fourth-order valence-corrected chi connectivity index (χ4v) is 4.55. The van der Waals surface area contributed by atoms with Crippen LogP contribution in [-0.2, 0) is 34.3 Å². The number of nitrogens with one attached hydrogen (secondary N) is 1. The van der Waals surface area contributed by atoms with Crippen LogP contribution >= 0.6 is 11.3 Å². The maximum Gasteiger partial charge on any atom is 0.242 e. The summed E-state index contributed by atoms with van der Waals surface area (Å²) >= 11 is 1.61. The van der Waals surface area contributed by atoms with E-state index in [0.717, 1.165) is 16.2 Å². The van der Waals surface area contributed by atoms with Crippen LogP contribution in [0.5, 0.6) is 0 Å². The highest BCUT2D eigenvalue weighted by molar-refractivity contribution is 7.89. The minimum atomic E-state index is -3.51. The Morgan fingerprint density at radius 2 is 2.07 bits per heavy atom. The van der Waals surface area contributed by atoms with Crippen LogP contribution < -0.4 is 5.32 Å². The monoisotopic (exact) mass is 420 g/mol. The fourth-order valence-electron chi connectivity index (χ4n) is 2.99. The molecular weight excluding hydrogens is 396 g/mol. The second kappa shape index (κ2) is 8.42. The zero-order chi connectivity index (χ0) is 20.3. The number of sulfonamides is 1. The first-order valence-corrected chi connectivity index (χ1v) is 11.4. The Morgan fingerprint density at radius 3 is 2.71 bits per heavy atom. The molecule has 0 atom stereocenters.